The molecule has 2 heterocycles. The van der Waals surface area contributed by atoms with Gasteiger partial charge in [0.2, 0.25) is 0 Å². The van der Waals surface area contributed by atoms with Gasteiger partial charge in [0.25, 0.3) is 5.91 Å². The quantitative estimate of drug-likeness (QED) is 0.882. The standard InChI is InChI=1S/C13H13BrN2O2/c1-3-10-4-5-11(18-10)13(17)16-9-6-8(2)12(14)15-7-9/h4-7H,3H2,1-2H3,(H,16,17). The number of amides is 1. The average molecular weight is 309 g/mol. The van der Waals surface area contributed by atoms with Crippen LogP contribution in [0.4, 0.5) is 5.69 Å². The van der Waals surface area contributed by atoms with Crippen LogP contribution in [0.5, 0.6) is 0 Å². The predicted octanol–water partition coefficient (Wildman–Crippen LogP) is 3.56. The molecule has 0 unspecified atom stereocenters. The average Bonchev–Trinajstić information content (AvgIpc) is 2.82. The minimum absolute atomic E-state index is 0.266. The van der Waals surface area contributed by atoms with Crippen molar-refractivity contribution in [1.29, 1.82) is 0 Å². The Bertz CT molecular complexity index is 578. The highest BCUT2D eigenvalue weighted by atomic mass is 79.9. The third-order valence-electron chi connectivity index (χ3n) is 2.51. The first kappa shape index (κ1) is 12.8. The molecule has 2 aromatic heterocycles. The lowest BCUT2D eigenvalue weighted by molar-refractivity contribution is 0.0995. The third-order valence-corrected chi connectivity index (χ3v) is 3.34. The van der Waals surface area contributed by atoms with Gasteiger partial charge in [-0.25, -0.2) is 4.98 Å². The second-order valence-corrected chi connectivity index (χ2v) is 4.66. The molecule has 0 fully saturated rings. The predicted molar refractivity (Wildman–Crippen MR) is 72.7 cm³/mol. The number of aromatic nitrogens is 1. The van der Waals surface area contributed by atoms with Crippen LogP contribution in [-0.4, -0.2) is 10.9 Å². The van der Waals surface area contributed by atoms with Crippen LogP contribution in [0.25, 0.3) is 0 Å². The maximum atomic E-state index is 11.9. The van der Waals surface area contributed by atoms with Gasteiger partial charge in [0, 0.05) is 6.42 Å². The Kier molecular flexibility index (Phi) is 3.81. The molecule has 0 radical (unpaired) electrons. The van der Waals surface area contributed by atoms with Gasteiger partial charge in [0.05, 0.1) is 11.9 Å². The van der Waals surface area contributed by atoms with E-state index in [1.54, 1.807) is 18.3 Å². The highest BCUT2D eigenvalue weighted by Gasteiger charge is 2.11. The van der Waals surface area contributed by atoms with E-state index in [1.165, 1.54) is 0 Å². The van der Waals surface area contributed by atoms with Crippen molar-refractivity contribution in [3.63, 3.8) is 0 Å². The van der Waals surface area contributed by atoms with E-state index in [0.29, 0.717) is 11.4 Å². The SMILES string of the molecule is CCc1ccc(C(=O)Nc2cnc(Br)c(C)c2)o1. The summed E-state index contributed by atoms with van der Waals surface area (Å²) in [7, 11) is 0. The van der Waals surface area contributed by atoms with Crippen LogP contribution in [0.2, 0.25) is 0 Å². The zero-order chi connectivity index (χ0) is 13.1. The molecule has 0 aromatic carbocycles. The lowest BCUT2D eigenvalue weighted by atomic mass is 10.3. The van der Waals surface area contributed by atoms with E-state index in [2.05, 4.69) is 26.2 Å². The van der Waals surface area contributed by atoms with Crippen molar-refractivity contribution in [2.75, 3.05) is 5.32 Å². The number of carbonyl (C=O) groups is 1. The zero-order valence-corrected chi connectivity index (χ0v) is 11.7. The van der Waals surface area contributed by atoms with Gasteiger partial charge >= 0.3 is 0 Å². The largest absolute Gasteiger partial charge is 0.456 e. The van der Waals surface area contributed by atoms with Gasteiger partial charge < -0.3 is 9.73 Å². The Balaban J connectivity index is 2.13. The molecule has 1 amide bonds. The Morgan fingerprint density at radius 2 is 2.28 bits per heavy atom. The van der Waals surface area contributed by atoms with Crippen molar-refractivity contribution in [2.45, 2.75) is 20.3 Å². The molecule has 0 aliphatic carbocycles. The number of rotatable bonds is 3. The topological polar surface area (TPSA) is 55.1 Å². The van der Waals surface area contributed by atoms with Crippen molar-refractivity contribution >= 4 is 27.5 Å². The van der Waals surface area contributed by atoms with Crippen LogP contribution in [0, 0.1) is 6.92 Å². The highest BCUT2D eigenvalue weighted by molar-refractivity contribution is 9.10. The van der Waals surface area contributed by atoms with Crippen molar-refractivity contribution in [3.8, 4) is 0 Å². The number of hydrogen-bond acceptors (Lipinski definition) is 3. The van der Waals surface area contributed by atoms with E-state index < -0.39 is 0 Å². The van der Waals surface area contributed by atoms with E-state index in [1.807, 2.05) is 19.9 Å². The van der Waals surface area contributed by atoms with Gasteiger partial charge in [-0.15, -0.1) is 0 Å². The zero-order valence-electron chi connectivity index (χ0n) is 10.2. The summed E-state index contributed by atoms with van der Waals surface area (Å²) in [5.74, 6) is 0.843. The normalized spacial score (nSPS) is 10.4. The first-order valence-corrected chi connectivity index (χ1v) is 6.41. The van der Waals surface area contributed by atoms with Crippen LogP contribution in [0.1, 0.15) is 28.8 Å². The lowest BCUT2D eigenvalue weighted by Gasteiger charge is -2.04. The van der Waals surface area contributed by atoms with Crippen molar-refractivity contribution in [1.82, 2.24) is 4.98 Å². The number of carbonyl (C=O) groups excluding carboxylic acids is 1. The molecule has 5 heteroatoms. The van der Waals surface area contributed by atoms with Crippen molar-refractivity contribution in [2.24, 2.45) is 0 Å². The molecule has 0 spiro atoms. The summed E-state index contributed by atoms with van der Waals surface area (Å²) in [6.07, 6.45) is 2.37. The van der Waals surface area contributed by atoms with Crippen molar-refractivity contribution in [3.05, 3.63) is 46.1 Å². The molecule has 0 saturated heterocycles. The van der Waals surface area contributed by atoms with Crippen LogP contribution >= 0.6 is 15.9 Å². The van der Waals surface area contributed by atoms with Crippen LogP contribution in [0.3, 0.4) is 0 Å². The molecule has 0 atom stereocenters. The molecule has 94 valence electrons. The van der Waals surface area contributed by atoms with E-state index >= 15 is 0 Å². The number of aryl methyl sites for hydroxylation is 2. The fourth-order valence-electron chi connectivity index (χ4n) is 1.51. The Labute approximate surface area is 114 Å². The summed E-state index contributed by atoms with van der Waals surface area (Å²) >= 11 is 3.31. The summed E-state index contributed by atoms with van der Waals surface area (Å²) in [5, 5.41) is 2.75. The molecule has 0 bridgehead atoms. The number of anilines is 1. The molecule has 4 nitrogen and oxygen atoms in total. The molecule has 1 N–H and O–H groups in total. The van der Waals surface area contributed by atoms with Gasteiger partial charge in [-0.2, -0.15) is 0 Å². The Morgan fingerprint density at radius 1 is 1.50 bits per heavy atom. The Hall–Kier alpha value is -1.62. The molecule has 0 aliphatic heterocycles. The Morgan fingerprint density at radius 3 is 2.89 bits per heavy atom. The number of nitrogens with one attached hydrogen (secondary N) is 1. The monoisotopic (exact) mass is 308 g/mol. The lowest BCUT2D eigenvalue weighted by Crippen LogP contribution is -2.11. The molecule has 0 aliphatic rings. The van der Waals surface area contributed by atoms with Gasteiger partial charge in [-0.3, -0.25) is 4.79 Å². The van der Waals surface area contributed by atoms with Crippen LogP contribution in [0.15, 0.2) is 33.4 Å². The van der Waals surface area contributed by atoms with Crippen molar-refractivity contribution < 1.29 is 9.21 Å². The maximum absolute atomic E-state index is 11.9. The molecule has 18 heavy (non-hydrogen) atoms. The molecular formula is C13H13BrN2O2. The van der Waals surface area contributed by atoms with Gasteiger partial charge in [-0.05, 0) is 46.6 Å². The first-order valence-electron chi connectivity index (χ1n) is 5.62. The van der Waals surface area contributed by atoms with Gasteiger partial charge in [-0.1, -0.05) is 6.92 Å². The fraction of sp³-hybridized carbons (Fsp3) is 0.231. The van der Waals surface area contributed by atoms with E-state index in [-0.39, 0.29) is 5.91 Å². The molecule has 0 saturated carbocycles. The summed E-state index contributed by atoms with van der Waals surface area (Å²) in [5.41, 5.74) is 1.61. The summed E-state index contributed by atoms with van der Waals surface area (Å²) in [6, 6.07) is 5.33. The minimum atomic E-state index is -0.266. The number of nitrogens with zero attached hydrogens (tertiary/aromatic N) is 1. The van der Waals surface area contributed by atoms with E-state index in [0.717, 1.165) is 22.3 Å². The minimum Gasteiger partial charge on any atom is -0.456 e. The summed E-state index contributed by atoms with van der Waals surface area (Å²) in [6.45, 7) is 3.89. The van der Waals surface area contributed by atoms with Gasteiger partial charge in [0.1, 0.15) is 10.4 Å². The second kappa shape index (κ2) is 5.35. The van der Waals surface area contributed by atoms with Crippen LogP contribution < -0.4 is 5.32 Å². The smallest absolute Gasteiger partial charge is 0.291 e. The molecule has 2 aromatic rings. The molecule has 2 rings (SSSR count). The first-order chi connectivity index (χ1) is 8.60. The molecular weight excluding hydrogens is 296 g/mol. The maximum Gasteiger partial charge on any atom is 0.291 e. The number of pyridine rings is 1. The number of furan rings is 1. The summed E-state index contributed by atoms with van der Waals surface area (Å²) in [4.78, 5) is 16.0. The third kappa shape index (κ3) is 2.79. The number of halogens is 1. The number of hydrogen-bond donors (Lipinski definition) is 1. The van der Waals surface area contributed by atoms with Crippen LogP contribution in [-0.2, 0) is 6.42 Å². The fourth-order valence-corrected chi connectivity index (χ4v) is 1.73. The van der Waals surface area contributed by atoms with E-state index in [9.17, 15) is 4.79 Å². The second-order valence-electron chi connectivity index (χ2n) is 3.91. The summed E-state index contributed by atoms with van der Waals surface area (Å²) < 4.78 is 6.15. The van der Waals surface area contributed by atoms with E-state index in [4.69, 9.17) is 4.42 Å². The van der Waals surface area contributed by atoms with Gasteiger partial charge in [0.15, 0.2) is 5.76 Å². The highest BCUT2D eigenvalue weighted by Crippen LogP contribution is 2.18.